The van der Waals surface area contributed by atoms with Crippen molar-refractivity contribution in [3.63, 3.8) is 0 Å². The molecule has 2 fully saturated rings. The van der Waals surface area contributed by atoms with Crippen LogP contribution in [0.3, 0.4) is 0 Å². The van der Waals surface area contributed by atoms with Crippen LogP contribution in [-0.4, -0.2) is 45.8 Å². The zero-order valence-electron chi connectivity index (χ0n) is 13.6. The predicted octanol–water partition coefficient (Wildman–Crippen LogP) is 2.42. The zero-order chi connectivity index (χ0) is 15.6. The summed E-state index contributed by atoms with van der Waals surface area (Å²) in [4.78, 5) is 27.1. The smallest absolute Gasteiger partial charge is 0.246 e. The maximum absolute atomic E-state index is 12.9. The summed E-state index contributed by atoms with van der Waals surface area (Å²) in [5.41, 5.74) is 0. The predicted molar refractivity (Wildman–Crippen MR) is 87.3 cm³/mol. The molecule has 0 aliphatic carbocycles. The van der Waals surface area contributed by atoms with Crippen molar-refractivity contribution in [2.75, 3.05) is 12.3 Å². The number of hydrogen-bond acceptors (Lipinski definition) is 3. The van der Waals surface area contributed by atoms with E-state index in [1.54, 1.807) is 0 Å². The summed E-state index contributed by atoms with van der Waals surface area (Å²) in [6, 6.07) is -0.642. The van der Waals surface area contributed by atoms with Crippen LogP contribution in [0.5, 0.6) is 0 Å². The average Bonchev–Trinajstić information content (AvgIpc) is 2.88. The van der Waals surface area contributed by atoms with Crippen LogP contribution in [-0.2, 0) is 9.59 Å². The molecule has 5 heteroatoms. The molecule has 4 atom stereocenters. The van der Waals surface area contributed by atoms with Gasteiger partial charge in [0.05, 0.1) is 0 Å². The number of amides is 2. The Kier molecular flexibility index (Phi) is 5.23. The fourth-order valence-corrected chi connectivity index (χ4v) is 4.62. The van der Waals surface area contributed by atoms with E-state index in [4.69, 9.17) is 0 Å². The van der Waals surface area contributed by atoms with Gasteiger partial charge in [0.2, 0.25) is 11.8 Å². The van der Waals surface area contributed by atoms with Gasteiger partial charge in [-0.15, -0.1) is 0 Å². The van der Waals surface area contributed by atoms with Gasteiger partial charge >= 0.3 is 0 Å². The van der Waals surface area contributed by atoms with Gasteiger partial charge in [0.1, 0.15) is 12.1 Å². The minimum absolute atomic E-state index is 0.0222. The van der Waals surface area contributed by atoms with Crippen LogP contribution in [0, 0.1) is 5.92 Å². The summed E-state index contributed by atoms with van der Waals surface area (Å²) in [6.45, 7) is 9.02. The van der Waals surface area contributed by atoms with Crippen LogP contribution in [0.4, 0.5) is 0 Å². The summed E-state index contributed by atoms with van der Waals surface area (Å²) in [5, 5.41) is 2.95. The zero-order valence-corrected chi connectivity index (χ0v) is 14.5. The summed E-state index contributed by atoms with van der Waals surface area (Å²) >= 11 is 1.94. The van der Waals surface area contributed by atoms with E-state index in [0.717, 1.165) is 18.6 Å². The van der Waals surface area contributed by atoms with Crippen LogP contribution in [0.15, 0.2) is 0 Å². The van der Waals surface area contributed by atoms with Crippen LogP contribution in [0.25, 0.3) is 0 Å². The summed E-state index contributed by atoms with van der Waals surface area (Å²) < 4.78 is 0.112. The average molecular weight is 312 g/mol. The highest BCUT2D eigenvalue weighted by atomic mass is 32.2. The van der Waals surface area contributed by atoms with Crippen molar-refractivity contribution in [3.05, 3.63) is 0 Å². The fourth-order valence-electron chi connectivity index (χ4n) is 3.32. The van der Waals surface area contributed by atoms with E-state index in [2.05, 4.69) is 19.2 Å². The summed E-state index contributed by atoms with van der Waals surface area (Å²) in [7, 11) is 0. The van der Waals surface area contributed by atoms with Gasteiger partial charge in [0.15, 0.2) is 0 Å². The standard InChI is InChI=1S/C16H28N2O2S/c1-5-11(3)13-15(20)18(12(6-2)14(19)17-13)10-16(4)8-7-9-21-16/h11-13H,5-10H2,1-4H3,(H,17,19). The molecular formula is C16H28N2O2S. The van der Waals surface area contributed by atoms with E-state index in [1.807, 2.05) is 30.5 Å². The second kappa shape index (κ2) is 6.59. The number of nitrogens with one attached hydrogen (secondary N) is 1. The Bertz CT molecular complexity index is 407. The molecule has 2 saturated heterocycles. The first kappa shape index (κ1) is 16.7. The molecule has 21 heavy (non-hydrogen) atoms. The van der Waals surface area contributed by atoms with Gasteiger partial charge in [-0.25, -0.2) is 0 Å². The molecular weight excluding hydrogens is 284 g/mol. The third-order valence-corrected chi connectivity index (χ3v) is 6.45. The van der Waals surface area contributed by atoms with E-state index in [0.29, 0.717) is 13.0 Å². The lowest BCUT2D eigenvalue weighted by Crippen LogP contribution is -2.66. The van der Waals surface area contributed by atoms with Crippen LogP contribution in [0.1, 0.15) is 53.4 Å². The van der Waals surface area contributed by atoms with Crippen molar-refractivity contribution in [2.45, 2.75) is 70.2 Å². The van der Waals surface area contributed by atoms with Crippen molar-refractivity contribution in [1.29, 1.82) is 0 Å². The maximum Gasteiger partial charge on any atom is 0.246 e. The van der Waals surface area contributed by atoms with Crippen molar-refractivity contribution >= 4 is 23.6 Å². The molecule has 2 aliphatic rings. The highest BCUT2D eigenvalue weighted by molar-refractivity contribution is 8.00. The second-order valence-corrected chi connectivity index (χ2v) is 8.35. The molecule has 2 rings (SSSR count). The SMILES string of the molecule is CCC(C)C1NC(=O)C(CC)N(CC2(C)CCCS2)C1=O. The first-order valence-corrected chi connectivity index (χ1v) is 9.15. The molecule has 2 aliphatic heterocycles. The Morgan fingerprint density at radius 1 is 1.43 bits per heavy atom. The lowest BCUT2D eigenvalue weighted by atomic mass is 9.92. The number of thioether (sulfide) groups is 1. The molecule has 4 unspecified atom stereocenters. The van der Waals surface area contributed by atoms with Crippen molar-refractivity contribution < 1.29 is 9.59 Å². The molecule has 0 aromatic carbocycles. The number of carbonyl (C=O) groups is 2. The number of piperazine rings is 1. The van der Waals surface area contributed by atoms with Gasteiger partial charge < -0.3 is 10.2 Å². The Hall–Kier alpha value is -0.710. The molecule has 0 radical (unpaired) electrons. The number of nitrogens with zero attached hydrogens (tertiary/aromatic N) is 1. The monoisotopic (exact) mass is 312 g/mol. The molecule has 0 aromatic heterocycles. The third-order valence-electron chi connectivity index (χ3n) is 4.93. The molecule has 2 amide bonds. The van der Waals surface area contributed by atoms with Crippen molar-refractivity contribution in [3.8, 4) is 0 Å². The highest BCUT2D eigenvalue weighted by Crippen LogP contribution is 2.39. The van der Waals surface area contributed by atoms with Crippen molar-refractivity contribution in [2.24, 2.45) is 5.92 Å². The Balaban J connectivity index is 2.20. The normalized spacial score (nSPS) is 35.0. The number of rotatable bonds is 5. The minimum atomic E-state index is -0.347. The first-order chi connectivity index (χ1) is 9.91. The van der Waals surface area contributed by atoms with Gasteiger partial charge in [-0.3, -0.25) is 9.59 Å². The summed E-state index contributed by atoms with van der Waals surface area (Å²) in [6.07, 6.45) is 3.92. The van der Waals surface area contributed by atoms with Gasteiger partial charge in [-0.05, 0) is 37.9 Å². The fraction of sp³-hybridized carbons (Fsp3) is 0.875. The van der Waals surface area contributed by atoms with E-state index in [9.17, 15) is 9.59 Å². The minimum Gasteiger partial charge on any atom is -0.342 e. The molecule has 0 saturated carbocycles. The summed E-state index contributed by atoms with van der Waals surface area (Å²) in [5.74, 6) is 1.49. The third kappa shape index (κ3) is 3.38. The van der Waals surface area contributed by atoms with E-state index in [1.165, 1.54) is 6.42 Å². The van der Waals surface area contributed by atoms with Crippen LogP contribution in [0.2, 0.25) is 0 Å². The lowest BCUT2D eigenvalue weighted by molar-refractivity contribution is -0.151. The van der Waals surface area contributed by atoms with Gasteiger partial charge in [-0.2, -0.15) is 11.8 Å². The molecule has 0 spiro atoms. The van der Waals surface area contributed by atoms with Gasteiger partial charge in [-0.1, -0.05) is 27.2 Å². The molecule has 1 N–H and O–H groups in total. The molecule has 2 heterocycles. The first-order valence-electron chi connectivity index (χ1n) is 8.16. The van der Waals surface area contributed by atoms with E-state index in [-0.39, 0.29) is 34.6 Å². The maximum atomic E-state index is 12.9. The Morgan fingerprint density at radius 2 is 2.14 bits per heavy atom. The Labute approximate surface area is 132 Å². The lowest BCUT2D eigenvalue weighted by Gasteiger charge is -2.43. The van der Waals surface area contributed by atoms with Crippen LogP contribution >= 0.6 is 11.8 Å². The molecule has 4 nitrogen and oxygen atoms in total. The van der Waals surface area contributed by atoms with Crippen LogP contribution < -0.4 is 5.32 Å². The largest absolute Gasteiger partial charge is 0.342 e. The second-order valence-electron chi connectivity index (χ2n) is 6.66. The molecule has 120 valence electrons. The van der Waals surface area contributed by atoms with E-state index < -0.39 is 0 Å². The topological polar surface area (TPSA) is 49.4 Å². The molecule has 0 aromatic rings. The van der Waals surface area contributed by atoms with Crippen molar-refractivity contribution in [1.82, 2.24) is 10.2 Å². The van der Waals surface area contributed by atoms with Gasteiger partial charge in [0, 0.05) is 11.3 Å². The highest BCUT2D eigenvalue weighted by Gasteiger charge is 2.44. The number of carbonyl (C=O) groups excluding carboxylic acids is 2. The number of hydrogen-bond donors (Lipinski definition) is 1. The quantitative estimate of drug-likeness (QED) is 0.848. The Morgan fingerprint density at radius 3 is 2.67 bits per heavy atom. The molecule has 0 bridgehead atoms. The van der Waals surface area contributed by atoms with E-state index >= 15 is 0 Å². The van der Waals surface area contributed by atoms with Gasteiger partial charge in [0.25, 0.3) is 0 Å².